The maximum absolute atomic E-state index is 13.0. The van der Waals surface area contributed by atoms with Crippen molar-refractivity contribution in [2.24, 2.45) is 0 Å². The molecule has 0 saturated heterocycles. The van der Waals surface area contributed by atoms with E-state index in [1.54, 1.807) is 25.6 Å². The first-order valence-corrected chi connectivity index (χ1v) is 15.4. The average molecular weight is 590 g/mol. The lowest BCUT2D eigenvalue weighted by Gasteiger charge is -2.10. The van der Waals surface area contributed by atoms with Gasteiger partial charge in [-0.1, -0.05) is 0 Å². The van der Waals surface area contributed by atoms with Crippen LogP contribution in [-0.4, -0.2) is 52.2 Å². The highest BCUT2D eigenvalue weighted by atomic mass is 32.2. The summed E-state index contributed by atoms with van der Waals surface area (Å²) in [5.74, 6) is 0.894. The number of hydrogen-bond acceptors (Lipinski definition) is 8. The molecule has 0 radical (unpaired) electrons. The number of carbonyl (C=O) groups is 1. The van der Waals surface area contributed by atoms with E-state index in [4.69, 9.17) is 9.47 Å². The Balaban J connectivity index is 1.43. The Morgan fingerprint density at radius 1 is 1.11 bits per heavy atom. The largest absolute Gasteiger partial charge is 0.482 e. The maximum Gasteiger partial charge on any atom is 0.416 e. The molecule has 38 heavy (non-hydrogen) atoms. The second-order valence-corrected chi connectivity index (χ2v) is 13.0. The van der Waals surface area contributed by atoms with Gasteiger partial charge in [0.1, 0.15) is 9.96 Å². The van der Waals surface area contributed by atoms with E-state index in [-0.39, 0.29) is 16.6 Å². The zero-order valence-corrected chi connectivity index (χ0v) is 23.8. The molecule has 0 spiro atoms. The summed E-state index contributed by atoms with van der Waals surface area (Å²) in [7, 11) is -3.61. The Morgan fingerprint density at radius 3 is 2.55 bits per heavy atom. The van der Waals surface area contributed by atoms with Crippen LogP contribution in [0, 0.1) is 13.8 Å². The third-order valence-corrected chi connectivity index (χ3v) is 10.4. The number of thioether (sulfide) groups is 1. The van der Waals surface area contributed by atoms with Gasteiger partial charge in [-0.05, 0) is 86.6 Å². The molecule has 0 unspecified atom stereocenters. The van der Waals surface area contributed by atoms with Crippen LogP contribution in [0.1, 0.15) is 30.0 Å². The van der Waals surface area contributed by atoms with E-state index in [9.17, 15) is 26.4 Å². The average Bonchev–Trinajstić information content (AvgIpc) is 3.19. The number of alkyl halides is 3. The fourth-order valence-corrected chi connectivity index (χ4v) is 7.87. The van der Waals surface area contributed by atoms with Gasteiger partial charge in [0.15, 0.2) is 16.4 Å². The number of rotatable bonds is 13. The Morgan fingerprint density at radius 2 is 1.87 bits per heavy atom. The van der Waals surface area contributed by atoms with Crippen molar-refractivity contribution in [1.82, 2.24) is 5.32 Å². The molecule has 1 aromatic heterocycles. The number of benzene rings is 2. The smallest absolute Gasteiger partial charge is 0.416 e. The first-order valence-electron chi connectivity index (χ1n) is 12.0. The van der Waals surface area contributed by atoms with E-state index in [1.165, 1.54) is 6.07 Å². The Hall–Kier alpha value is -2.28. The third kappa shape index (κ3) is 8.11. The van der Waals surface area contributed by atoms with E-state index in [0.717, 1.165) is 39.7 Å². The van der Waals surface area contributed by atoms with Gasteiger partial charge in [0, 0.05) is 21.9 Å². The summed E-state index contributed by atoms with van der Waals surface area (Å²) in [6.07, 6.45) is -4.09. The highest BCUT2D eigenvalue weighted by Crippen LogP contribution is 2.38. The molecular formula is C26H30F3NO5S3. The fourth-order valence-electron chi connectivity index (χ4n) is 3.73. The second kappa shape index (κ2) is 13.2. The number of aryl methyl sites for hydroxylation is 2. The van der Waals surface area contributed by atoms with E-state index in [1.807, 2.05) is 25.1 Å². The summed E-state index contributed by atoms with van der Waals surface area (Å²) in [5.41, 5.74) is 0.488. The van der Waals surface area contributed by atoms with Gasteiger partial charge in [0.25, 0.3) is 0 Å². The molecule has 3 rings (SSSR count). The number of carbonyl (C=O) groups excluding carboxylic acids is 1. The van der Waals surface area contributed by atoms with Crippen molar-refractivity contribution in [2.75, 3.05) is 37.8 Å². The van der Waals surface area contributed by atoms with E-state index in [2.05, 4.69) is 5.32 Å². The van der Waals surface area contributed by atoms with E-state index in [0.29, 0.717) is 47.5 Å². The number of esters is 1. The van der Waals surface area contributed by atoms with Crippen LogP contribution in [0.25, 0.3) is 10.1 Å². The highest BCUT2D eigenvalue weighted by molar-refractivity contribution is 7.99. The molecule has 1 heterocycles. The summed E-state index contributed by atoms with van der Waals surface area (Å²) >= 11 is 2.65. The molecule has 2 aromatic carbocycles. The predicted molar refractivity (Wildman–Crippen MR) is 145 cm³/mol. The fraction of sp³-hybridized carbons (Fsp3) is 0.423. The van der Waals surface area contributed by atoms with Crippen LogP contribution in [0.4, 0.5) is 13.2 Å². The molecule has 3 aromatic rings. The number of ether oxygens (including phenoxy) is 2. The Labute approximate surface area is 228 Å². The molecule has 12 heteroatoms. The number of nitrogens with one attached hydrogen (secondary N) is 1. The molecule has 1 N–H and O–H groups in total. The zero-order chi connectivity index (χ0) is 27.9. The van der Waals surface area contributed by atoms with Gasteiger partial charge in [-0.15, -0.1) is 23.1 Å². The summed E-state index contributed by atoms with van der Waals surface area (Å²) < 4.78 is 75.9. The number of hydrogen-bond donors (Lipinski definition) is 1. The molecule has 0 aliphatic heterocycles. The standard InChI is InChI=1S/C26H30F3NO5S3/c1-4-34-24(31)16-35-22-8-7-20(14-17(22)2)36-12-11-30-10-5-13-38(32,33)25-18(3)21-15-19(26(27,28)29)6-9-23(21)37-25/h6-9,14-15,30H,4-5,10-13,16H2,1-3H3. The molecule has 0 saturated carbocycles. The molecule has 0 bridgehead atoms. The molecule has 0 aliphatic rings. The summed E-state index contributed by atoms with van der Waals surface area (Å²) in [5, 5.41) is 3.56. The first-order chi connectivity index (χ1) is 17.9. The van der Waals surface area contributed by atoms with Crippen LogP contribution in [0.5, 0.6) is 5.75 Å². The van der Waals surface area contributed by atoms with Gasteiger partial charge in [-0.3, -0.25) is 0 Å². The van der Waals surface area contributed by atoms with Crippen LogP contribution in [0.15, 0.2) is 45.5 Å². The van der Waals surface area contributed by atoms with Gasteiger partial charge < -0.3 is 14.8 Å². The van der Waals surface area contributed by atoms with Crippen molar-refractivity contribution in [3.63, 3.8) is 0 Å². The molecule has 0 aliphatic carbocycles. The van der Waals surface area contributed by atoms with Crippen molar-refractivity contribution in [1.29, 1.82) is 0 Å². The van der Waals surface area contributed by atoms with Crippen LogP contribution in [0.2, 0.25) is 0 Å². The monoisotopic (exact) mass is 589 g/mol. The van der Waals surface area contributed by atoms with Crippen LogP contribution in [-0.2, 0) is 25.5 Å². The summed E-state index contributed by atoms with van der Waals surface area (Å²) in [6.45, 7) is 6.54. The quantitative estimate of drug-likeness (QED) is 0.148. The minimum atomic E-state index is -4.48. The van der Waals surface area contributed by atoms with Gasteiger partial charge >= 0.3 is 12.1 Å². The predicted octanol–water partition coefficient (Wildman–Crippen LogP) is 6.02. The molecule has 0 atom stereocenters. The highest BCUT2D eigenvalue weighted by Gasteiger charge is 2.31. The van der Waals surface area contributed by atoms with Gasteiger partial charge in [0.05, 0.1) is 17.9 Å². The molecule has 0 fully saturated rings. The number of halogens is 3. The maximum atomic E-state index is 13.0. The molecule has 6 nitrogen and oxygen atoms in total. The van der Waals surface area contributed by atoms with E-state index >= 15 is 0 Å². The minimum Gasteiger partial charge on any atom is -0.482 e. The topological polar surface area (TPSA) is 81.7 Å². The lowest BCUT2D eigenvalue weighted by molar-refractivity contribution is -0.145. The van der Waals surface area contributed by atoms with Crippen molar-refractivity contribution in [3.05, 3.63) is 53.1 Å². The van der Waals surface area contributed by atoms with Gasteiger partial charge in [-0.25, -0.2) is 13.2 Å². The van der Waals surface area contributed by atoms with Crippen molar-refractivity contribution >= 4 is 49.0 Å². The lowest BCUT2D eigenvalue weighted by Crippen LogP contribution is -2.21. The van der Waals surface area contributed by atoms with Gasteiger partial charge in [0.2, 0.25) is 0 Å². The first kappa shape index (κ1) is 30.3. The third-order valence-electron chi connectivity index (χ3n) is 5.61. The van der Waals surface area contributed by atoms with Crippen LogP contribution in [0.3, 0.4) is 0 Å². The van der Waals surface area contributed by atoms with Crippen molar-refractivity contribution in [2.45, 2.75) is 42.5 Å². The van der Waals surface area contributed by atoms with Crippen LogP contribution < -0.4 is 10.1 Å². The molecular weight excluding hydrogens is 559 g/mol. The lowest BCUT2D eigenvalue weighted by atomic mass is 10.1. The molecule has 0 amide bonds. The van der Waals surface area contributed by atoms with Crippen molar-refractivity contribution in [3.8, 4) is 5.75 Å². The Kier molecular flexibility index (Phi) is 10.5. The summed E-state index contributed by atoms with van der Waals surface area (Å²) in [6, 6.07) is 9.03. The Bertz CT molecular complexity index is 1370. The van der Waals surface area contributed by atoms with Gasteiger partial charge in [-0.2, -0.15) is 13.2 Å². The SMILES string of the molecule is CCOC(=O)COc1ccc(SCCNCCCS(=O)(=O)c2sc3ccc(C(F)(F)F)cc3c2C)cc1C. The zero-order valence-electron chi connectivity index (χ0n) is 21.3. The number of sulfone groups is 1. The number of fused-ring (bicyclic) bond motifs is 1. The molecule has 208 valence electrons. The van der Waals surface area contributed by atoms with Crippen molar-refractivity contribution < 1.29 is 35.9 Å². The second-order valence-electron chi connectivity index (χ2n) is 8.52. The minimum absolute atomic E-state index is 0.0839. The van der Waals surface area contributed by atoms with E-state index < -0.39 is 27.5 Å². The number of thiophene rings is 1. The summed E-state index contributed by atoms with van der Waals surface area (Å²) in [4.78, 5) is 12.5. The normalized spacial score (nSPS) is 12.2. The van der Waals surface area contributed by atoms with Crippen LogP contribution >= 0.6 is 23.1 Å².